The smallest absolute Gasteiger partial charge is 0.333 e. The zero-order valence-corrected chi connectivity index (χ0v) is 9.34. The van der Waals surface area contributed by atoms with Gasteiger partial charge in [0.05, 0.1) is 17.7 Å². The van der Waals surface area contributed by atoms with Gasteiger partial charge < -0.3 is 4.74 Å². The predicted octanol–water partition coefficient (Wildman–Crippen LogP) is 3.25. The fraction of sp³-hybridized carbons (Fsp3) is 0.667. The summed E-state index contributed by atoms with van der Waals surface area (Å²) in [5, 5.41) is 3.83. The van der Waals surface area contributed by atoms with Crippen molar-refractivity contribution in [3.63, 3.8) is 0 Å². The number of alkyl halides is 2. The number of hydrogen-bond acceptors (Lipinski definition) is 2. The van der Waals surface area contributed by atoms with E-state index in [0.29, 0.717) is 10.4 Å². The van der Waals surface area contributed by atoms with E-state index in [4.69, 9.17) is 16.3 Å². The van der Waals surface area contributed by atoms with E-state index in [1.807, 2.05) is 13.8 Å². The summed E-state index contributed by atoms with van der Waals surface area (Å²) in [4.78, 5) is 0. The molecule has 0 aliphatic carbocycles. The fourth-order valence-corrected chi connectivity index (χ4v) is 1.14. The zero-order chi connectivity index (χ0) is 11.4. The van der Waals surface area contributed by atoms with Gasteiger partial charge in [0.1, 0.15) is 5.69 Å². The summed E-state index contributed by atoms with van der Waals surface area (Å²) in [5.74, 6) is 0. The molecule has 1 aromatic rings. The molecule has 1 rings (SSSR count). The van der Waals surface area contributed by atoms with Crippen molar-refractivity contribution >= 4 is 11.6 Å². The quantitative estimate of drug-likeness (QED) is 0.787. The lowest BCUT2D eigenvalue weighted by molar-refractivity contribution is 0.0414. The van der Waals surface area contributed by atoms with Gasteiger partial charge in [0, 0.05) is 6.20 Å². The van der Waals surface area contributed by atoms with Crippen molar-refractivity contribution in [3.8, 4) is 0 Å². The van der Waals surface area contributed by atoms with Crippen molar-refractivity contribution in [1.82, 2.24) is 9.78 Å². The maximum absolute atomic E-state index is 12.2. The number of ether oxygens (including phenoxy) is 1. The van der Waals surface area contributed by atoms with Crippen molar-refractivity contribution in [3.05, 3.63) is 16.9 Å². The summed E-state index contributed by atoms with van der Waals surface area (Å²) in [7, 11) is 0. The van der Waals surface area contributed by atoms with E-state index < -0.39 is 6.55 Å². The Kier molecular flexibility index (Phi) is 4.47. The van der Waals surface area contributed by atoms with E-state index in [1.54, 1.807) is 0 Å². The molecule has 0 aliphatic rings. The second-order valence-corrected chi connectivity index (χ2v) is 3.62. The summed E-state index contributed by atoms with van der Waals surface area (Å²) in [5.41, 5.74) is 0.345. The topological polar surface area (TPSA) is 27.1 Å². The first-order chi connectivity index (χ1) is 7.04. The van der Waals surface area contributed by atoms with Crippen LogP contribution >= 0.6 is 11.6 Å². The van der Waals surface area contributed by atoms with Crippen LogP contribution in [0.4, 0.5) is 8.78 Å². The molecule has 0 aliphatic heterocycles. The van der Waals surface area contributed by atoms with Gasteiger partial charge >= 0.3 is 6.55 Å². The molecule has 0 fully saturated rings. The molecule has 0 bridgehead atoms. The molecule has 0 aromatic carbocycles. The molecule has 86 valence electrons. The number of hydrogen-bond donors (Lipinski definition) is 0. The molecule has 0 radical (unpaired) electrons. The van der Waals surface area contributed by atoms with Gasteiger partial charge in [-0.1, -0.05) is 18.5 Å². The van der Waals surface area contributed by atoms with Crippen LogP contribution in [0.1, 0.15) is 32.5 Å². The van der Waals surface area contributed by atoms with Crippen LogP contribution in [-0.2, 0) is 11.3 Å². The predicted molar refractivity (Wildman–Crippen MR) is 53.0 cm³/mol. The van der Waals surface area contributed by atoms with Crippen molar-refractivity contribution in [2.45, 2.75) is 39.5 Å². The van der Waals surface area contributed by atoms with Crippen molar-refractivity contribution in [2.75, 3.05) is 0 Å². The van der Waals surface area contributed by atoms with Crippen LogP contribution in [-0.4, -0.2) is 15.9 Å². The van der Waals surface area contributed by atoms with E-state index in [-0.39, 0.29) is 17.7 Å². The average molecular weight is 239 g/mol. The normalized spacial score (nSPS) is 13.5. The minimum Gasteiger partial charge on any atom is -0.372 e. The summed E-state index contributed by atoms with van der Waals surface area (Å²) in [6, 6.07) is 0. The van der Waals surface area contributed by atoms with Crippen LogP contribution in [0.25, 0.3) is 0 Å². The van der Waals surface area contributed by atoms with E-state index >= 15 is 0 Å². The second-order valence-electron chi connectivity index (χ2n) is 3.21. The summed E-state index contributed by atoms with van der Waals surface area (Å²) in [6.07, 6.45) is 2.02. The lowest BCUT2D eigenvalue weighted by Crippen LogP contribution is -2.07. The second kappa shape index (κ2) is 5.42. The number of nitrogens with zero attached hydrogens (tertiary/aromatic N) is 2. The molecule has 0 saturated carbocycles. The van der Waals surface area contributed by atoms with Gasteiger partial charge in [-0.2, -0.15) is 13.9 Å². The molecule has 0 spiro atoms. The third-order valence-electron chi connectivity index (χ3n) is 2.04. The highest BCUT2D eigenvalue weighted by Gasteiger charge is 2.13. The molecule has 1 heterocycles. The van der Waals surface area contributed by atoms with Gasteiger partial charge in [-0.3, -0.25) is 0 Å². The van der Waals surface area contributed by atoms with Crippen LogP contribution in [0.15, 0.2) is 6.20 Å². The fourth-order valence-electron chi connectivity index (χ4n) is 0.944. The molecule has 0 saturated heterocycles. The Hall–Kier alpha value is -0.680. The third-order valence-corrected chi connectivity index (χ3v) is 2.35. The first-order valence-corrected chi connectivity index (χ1v) is 5.05. The Bertz CT molecular complexity index is 317. The Balaban J connectivity index is 2.61. The number of halogens is 3. The van der Waals surface area contributed by atoms with E-state index in [9.17, 15) is 8.78 Å². The summed E-state index contributed by atoms with van der Waals surface area (Å²) < 4.78 is 30.3. The van der Waals surface area contributed by atoms with Gasteiger partial charge in [0.25, 0.3) is 0 Å². The first-order valence-electron chi connectivity index (χ1n) is 4.67. The van der Waals surface area contributed by atoms with Gasteiger partial charge in [-0.15, -0.1) is 0 Å². The van der Waals surface area contributed by atoms with E-state index in [2.05, 4.69) is 5.10 Å². The van der Waals surface area contributed by atoms with Crippen LogP contribution < -0.4 is 0 Å². The standard InChI is InChI=1S/C9H13ClF2N2O/c1-3-6(2)15-5-8-7(10)4-14(13-8)9(11)12/h4,6,9H,3,5H2,1-2H3. The Morgan fingerprint density at radius 3 is 2.73 bits per heavy atom. The van der Waals surface area contributed by atoms with Crippen LogP contribution in [0.3, 0.4) is 0 Å². The average Bonchev–Trinajstić information content (AvgIpc) is 2.56. The Morgan fingerprint density at radius 1 is 1.60 bits per heavy atom. The molecule has 1 aromatic heterocycles. The maximum atomic E-state index is 12.2. The van der Waals surface area contributed by atoms with Gasteiger partial charge in [0.2, 0.25) is 0 Å². The lowest BCUT2D eigenvalue weighted by atomic mass is 10.3. The molecule has 0 N–H and O–H groups in total. The lowest BCUT2D eigenvalue weighted by Gasteiger charge is -2.08. The van der Waals surface area contributed by atoms with Gasteiger partial charge in [0.15, 0.2) is 0 Å². The van der Waals surface area contributed by atoms with E-state index in [0.717, 1.165) is 12.6 Å². The zero-order valence-electron chi connectivity index (χ0n) is 8.58. The monoisotopic (exact) mass is 238 g/mol. The molecule has 0 amide bonds. The first kappa shape index (κ1) is 12.4. The SMILES string of the molecule is CCC(C)OCc1nn(C(F)F)cc1Cl. The summed E-state index contributed by atoms with van der Waals surface area (Å²) >= 11 is 5.72. The number of rotatable bonds is 5. The highest BCUT2D eigenvalue weighted by molar-refractivity contribution is 6.31. The Labute approximate surface area is 92.0 Å². The Morgan fingerprint density at radius 2 is 2.27 bits per heavy atom. The van der Waals surface area contributed by atoms with Crippen LogP contribution in [0.2, 0.25) is 5.02 Å². The largest absolute Gasteiger partial charge is 0.372 e. The molecular formula is C9H13ClF2N2O. The molecule has 1 atom stereocenters. The number of aromatic nitrogens is 2. The molecule has 15 heavy (non-hydrogen) atoms. The van der Waals surface area contributed by atoms with Crippen molar-refractivity contribution in [2.24, 2.45) is 0 Å². The molecule has 6 heteroatoms. The molecule has 1 unspecified atom stereocenters. The summed E-state index contributed by atoms with van der Waals surface area (Å²) in [6.45, 7) is 1.37. The van der Waals surface area contributed by atoms with Crippen LogP contribution in [0, 0.1) is 0 Å². The highest BCUT2D eigenvalue weighted by atomic mass is 35.5. The van der Waals surface area contributed by atoms with Gasteiger partial charge in [-0.25, -0.2) is 4.68 Å². The molecule has 3 nitrogen and oxygen atoms in total. The van der Waals surface area contributed by atoms with Crippen LogP contribution in [0.5, 0.6) is 0 Å². The maximum Gasteiger partial charge on any atom is 0.333 e. The van der Waals surface area contributed by atoms with Crippen molar-refractivity contribution in [1.29, 1.82) is 0 Å². The third kappa shape index (κ3) is 3.43. The molecular weight excluding hydrogens is 226 g/mol. The minimum atomic E-state index is -2.67. The van der Waals surface area contributed by atoms with Gasteiger partial charge in [-0.05, 0) is 13.3 Å². The van der Waals surface area contributed by atoms with Crippen molar-refractivity contribution < 1.29 is 13.5 Å². The van der Waals surface area contributed by atoms with E-state index in [1.165, 1.54) is 0 Å². The minimum absolute atomic E-state index is 0.0674. The highest BCUT2D eigenvalue weighted by Crippen LogP contribution is 2.19.